The second-order valence-corrected chi connectivity index (χ2v) is 6.15. The molecule has 2 rings (SSSR count). The van der Waals surface area contributed by atoms with Gasteiger partial charge >= 0.3 is 0 Å². The van der Waals surface area contributed by atoms with Crippen LogP contribution >= 0.6 is 0 Å². The molecular formula is C19H28N2O3. The molecule has 1 aliphatic rings. The van der Waals surface area contributed by atoms with E-state index in [1.165, 1.54) is 0 Å². The van der Waals surface area contributed by atoms with Crippen LogP contribution in [0.2, 0.25) is 0 Å². The van der Waals surface area contributed by atoms with E-state index >= 15 is 0 Å². The molecule has 1 aromatic carbocycles. The Morgan fingerprint density at radius 3 is 3.08 bits per heavy atom. The van der Waals surface area contributed by atoms with Crippen LogP contribution in [-0.2, 0) is 6.42 Å². The Kier molecular flexibility index (Phi) is 7.28. The summed E-state index contributed by atoms with van der Waals surface area (Å²) in [6.07, 6.45) is 5.60. The molecule has 1 unspecified atom stereocenters. The molecule has 1 amide bonds. The van der Waals surface area contributed by atoms with E-state index in [4.69, 9.17) is 9.84 Å². The normalized spacial score (nSPS) is 17.7. The van der Waals surface area contributed by atoms with Crippen molar-refractivity contribution in [1.82, 2.24) is 10.2 Å². The highest BCUT2D eigenvalue weighted by atomic mass is 16.5. The summed E-state index contributed by atoms with van der Waals surface area (Å²) in [4.78, 5) is 14.9. The number of aliphatic hydroxyl groups excluding tert-OH is 1. The van der Waals surface area contributed by atoms with E-state index in [1.807, 2.05) is 24.3 Å². The van der Waals surface area contributed by atoms with Crippen molar-refractivity contribution in [1.29, 1.82) is 0 Å². The van der Waals surface area contributed by atoms with Crippen LogP contribution < -0.4 is 10.1 Å². The number of aliphatic hydroxyl groups is 1. The van der Waals surface area contributed by atoms with E-state index in [0.717, 1.165) is 37.9 Å². The van der Waals surface area contributed by atoms with E-state index in [2.05, 4.69) is 16.8 Å². The fraction of sp³-hybridized carbons (Fsp3) is 0.526. The number of carbonyl (C=O) groups excluding carboxylic acids is 1. The van der Waals surface area contributed by atoms with Crippen molar-refractivity contribution < 1.29 is 14.6 Å². The van der Waals surface area contributed by atoms with Crippen molar-refractivity contribution >= 4 is 5.91 Å². The molecule has 0 bridgehead atoms. The van der Waals surface area contributed by atoms with Crippen molar-refractivity contribution in [3.63, 3.8) is 0 Å². The first-order valence-corrected chi connectivity index (χ1v) is 8.60. The number of benzene rings is 1. The molecule has 0 saturated carbocycles. The fourth-order valence-electron chi connectivity index (χ4n) is 3.21. The van der Waals surface area contributed by atoms with Crippen molar-refractivity contribution in [3.05, 3.63) is 42.0 Å². The molecule has 1 aromatic rings. The lowest BCUT2D eigenvalue weighted by Crippen LogP contribution is -2.40. The molecule has 1 fully saturated rings. The van der Waals surface area contributed by atoms with Crippen LogP contribution in [0.15, 0.2) is 30.9 Å². The molecule has 0 spiro atoms. The number of likely N-dealkylation sites (tertiary alicyclic amines) is 1. The van der Waals surface area contributed by atoms with Crippen molar-refractivity contribution in [2.24, 2.45) is 0 Å². The molecular weight excluding hydrogens is 304 g/mol. The molecule has 132 valence electrons. The van der Waals surface area contributed by atoms with Crippen molar-refractivity contribution in [3.8, 4) is 5.75 Å². The third kappa shape index (κ3) is 4.82. The lowest BCUT2D eigenvalue weighted by Gasteiger charge is -2.23. The number of aryl methyl sites for hydroxylation is 1. The highest BCUT2D eigenvalue weighted by Crippen LogP contribution is 2.21. The lowest BCUT2D eigenvalue weighted by molar-refractivity contribution is 0.0939. The number of ether oxygens (including phenoxy) is 1. The summed E-state index contributed by atoms with van der Waals surface area (Å²) in [5.74, 6) is 0.470. The third-order valence-electron chi connectivity index (χ3n) is 4.49. The van der Waals surface area contributed by atoms with Gasteiger partial charge in [-0.3, -0.25) is 9.69 Å². The van der Waals surface area contributed by atoms with Gasteiger partial charge in [-0.15, -0.1) is 6.58 Å². The van der Waals surface area contributed by atoms with Gasteiger partial charge in [0, 0.05) is 25.7 Å². The summed E-state index contributed by atoms with van der Waals surface area (Å²) in [7, 11) is 1.57. The van der Waals surface area contributed by atoms with Crippen LogP contribution in [0.4, 0.5) is 0 Å². The molecule has 0 aliphatic carbocycles. The lowest BCUT2D eigenvalue weighted by atomic mass is 10.0. The second kappa shape index (κ2) is 9.45. The molecule has 2 N–H and O–H groups in total. The fourth-order valence-corrected chi connectivity index (χ4v) is 3.21. The second-order valence-electron chi connectivity index (χ2n) is 6.15. The van der Waals surface area contributed by atoms with Gasteiger partial charge in [-0.25, -0.2) is 0 Å². The summed E-state index contributed by atoms with van der Waals surface area (Å²) in [6, 6.07) is 5.99. The van der Waals surface area contributed by atoms with E-state index in [-0.39, 0.29) is 12.5 Å². The number of nitrogens with one attached hydrogen (secondary N) is 1. The minimum atomic E-state index is -0.108. The first kappa shape index (κ1) is 18.5. The zero-order valence-electron chi connectivity index (χ0n) is 14.5. The van der Waals surface area contributed by atoms with Crippen molar-refractivity contribution in [2.45, 2.75) is 31.7 Å². The van der Waals surface area contributed by atoms with Crippen LogP contribution in [0.25, 0.3) is 0 Å². The average molecular weight is 332 g/mol. The van der Waals surface area contributed by atoms with Crippen molar-refractivity contribution in [2.75, 3.05) is 33.4 Å². The van der Waals surface area contributed by atoms with Crippen LogP contribution in [0.1, 0.15) is 35.2 Å². The molecule has 1 atom stereocenters. The van der Waals surface area contributed by atoms with E-state index < -0.39 is 0 Å². The van der Waals surface area contributed by atoms with Gasteiger partial charge in [-0.2, -0.15) is 0 Å². The maximum absolute atomic E-state index is 12.6. The average Bonchev–Trinajstić information content (AvgIpc) is 3.05. The molecule has 1 aliphatic heterocycles. The number of hydrogen-bond acceptors (Lipinski definition) is 4. The zero-order valence-corrected chi connectivity index (χ0v) is 14.5. The molecule has 5 nitrogen and oxygen atoms in total. The van der Waals surface area contributed by atoms with E-state index in [0.29, 0.717) is 30.3 Å². The van der Waals surface area contributed by atoms with E-state index in [1.54, 1.807) is 7.11 Å². The van der Waals surface area contributed by atoms with Gasteiger partial charge < -0.3 is 15.2 Å². The minimum Gasteiger partial charge on any atom is -0.496 e. The highest BCUT2D eigenvalue weighted by molar-refractivity contribution is 5.97. The van der Waals surface area contributed by atoms with Gasteiger partial charge in [0.1, 0.15) is 5.75 Å². The summed E-state index contributed by atoms with van der Waals surface area (Å²) >= 11 is 0. The first-order chi connectivity index (χ1) is 11.7. The van der Waals surface area contributed by atoms with Crippen LogP contribution in [0.3, 0.4) is 0 Å². The maximum Gasteiger partial charge on any atom is 0.255 e. The summed E-state index contributed by atoms with van der Waals surface area (Å²) in [5, 5.41) is 12.0. The molecule has 1 heterocycles. The van der Waals surface area contributed by atoms with Gasteiger partial charge in [0.15, 0.2) is 0 Å². The Morgan fingerprint density at radius 1 is 1.54 bits per heavy atom. The Labute approximate surface area is 144 Å². The minimum absolute atomic E-state index is 0.108. The number of hydrogen-bond donors (Lipinski definition) is 2. The summed E-state index contributed by atoms with van der Waals surface area (Å²) < 4.78 is 5.32. The molecule has 24 heavy (non-hydrogen) atoms. The third-order valence-corrected chi connectivity index (χ3v) is 4.49. The molecule has 1 saturated heterocycles. The summed E-state index contributed by atoms with van der Waals surface area (Å²) in [6.45, 7) is 6.50. The standard InChI is InChI=1S/C19H28N2O3/c1-3-10-21-11-4-7-16(21)14-20-19(23)17-13-15(6-5-12-22)8-9-18(17)24-2/h3,8-9,13,16,22H,1,4-7,10-12,14H2,2H3,(H,20,23). The van der Waals surface area contributed by atoms with Gasteiger partial charge in [-0.1, -0.05) is 12.1 Å². The number of carbonyl (C=O) groups is 1. The van der Waals surface area contributed by atoms with Gasteiger partial charge in [0.2, 0.25) is 0 Å². The van der Waals surface area contributed by atoms with Crippen LogP contribution in [0, 0.1) is 0 Å². The van der Waals surface area contributed by atoms with Crippen LogP contribution in [-0.4, -0.2) is 55.3 Å². The van der Waals surface area contributed by atoms with Gasteiger partial charge in [0.05, 0.1) is 12.7 Å². The smallest absolute Gasteiger partial charge is 0.255 e. The largest absolute Gasteiger partial charge is 0.496 e. The predicted molar refractivity (Wildman–Crippen MR) is 95.5 cm³/mol. The Bertz CT molecular complexity index is 560. The Hall–Kier alpha value is -1.85. The number of rotatable bonds is 9. The maximum atomic E-state index is 12.6. The summed E-state index contributed by atoms with van der Waals surface area (Å²) in [5.41, 5.74) is 1.59. The Balaban J connectivity index is 2.01. The predicted octanol–water partition coefficient (Wildman–Crippen LogP) is 2.00. The number of amides is 1. The first-order valence-electron chi connectivity index (χ1n) is 8.60. The Morgan fingerprint density at radius 2 is 2.38 bits per heavy atom. The molecule has 0 radical (unpaired) electrons. The zero-order chi connectivity index (χ0) is 17.4. The molecule has 5 heteroatoms. The van der Waals surface area contributed by atoms with Gasteiger partial charge in [0.25, 0.3) is 5.91 Å². The molecule has 0 aromatic heterocycles. The highest BCUT2D eigenvalue weighted by Gasteiger charge is 2.24. The monoisotopic (exact) mass is 332 g/mol. The van der Waals surface area contributed by atoms with Crippen LogP contribution in [0.5, 0.6) is 5.75 Å². The topological polar surface area (TPSA) is 61.8 Å². The number of nitrogens with zero attached hydrogens (tertiary/aromatic N) is 1. The quantitative estimate of drug-likeness (QED) is 0.679. The number of methoxy groups -OCH3 is 1. The SMILES string of the molecule is C=CCN1CCCC1CNC(=O)c1cc(CCCO)ccc1OC. The van der Waals surface area contributed by atoms with E-state index in [9.17, 15) is 4.79 Å². The van der Waals surface area contributed by atoms with Gasteiger partial charge in [-0.05, 0) is 49.9 Å².